The second-order valence-electron chi connectivity index (χ2n) is 5.80. The van der Waals surface area contributed by atoms with E-state index in [9.17, 15) is 9.90 Å². The Bertz CT molecular complexity index is 716. The van der Waals surface area contributed by atoms with Crippen molar-refractivity contribution in [3.05, 3.63) is 15.7 Å². The molecule has 2 rings (SSSR count). The number of halogens is 1. The number of nitrogens with zero attached hydrogens (tertiary/aromatic N) is 2. The highest BCUT2D eigenvalue weighted by Crippen LogP contribution is 2.35. The second-order valence-corrected chi connectivity index (χ2v) is 7.14. The number of nitrogens with one attached hydrogen (secondary N) is 1. The Balaban J connectivity index is 2.40. The maximum Gasteiger partial charge on any atom is 0.348 e. The third-order valence-corrected chi connectivity index (χ3v) is 4.40. The zero-order chi connectivity index (χ0) is 17.1. The van der Waals surface area contributed by atoms with Crippen LogP contribution in [0.25, 0.3) is 10.2 Å². The third-order valence-electron chi connectivity index (χ3n) is 3.06. The van der Waals surface area contributed by atoms with Gasteiger partial charge in [0.25, 0.3) is 0 Å². The van der Waals surface area contributed by atoms with E-state index in [1.165, 1.54) is 11.3 Å². The van der Waals surface area contributed by atoms with Crippen molar-refractivity contribution >= 4 is 44.9 Å². The first-order valence-electron chi connectivity index (χ1n) is 7.35. The Morgan fingerprint density at radius 1 is 1.39 bits per heavy atom. The van der Waals surface area contributed by atoms with Crippen LogP contribution in [0.2, 0.25) is 5.28 Å². The Kier molecular flexibility index (Phi) is 5.78. The van der Waals surface area contributed by atoms with Gasteiger partial charge in [-0.1, -0.05) is 13.8 Å². The van der Waals surface area contributed by atoms with Crippen LogP contribution < -0.4 is 5.32 Å². The van der Waals surface area contributed by atoms with Gasteiger partial charge in [0.15, 0.2) is 0 Å². The third kappa shape index (κ3) is 4.31. The van der Waals surface area contributed by atoms with Crippen molar-refractivity contribution in [1.29, 1.82) is 0 Å². The molecule has 0 aromatic carbocycles. The van der Waals surface area contributed by atoms with Crippen molar-refractivity contribution in [2.24, 2.45) is 5.92 Å². The molecule has 0 amide bonds. The van der Waals surface area contributed by atoms with Gasteiger partial charge in [0, 0.05) is 6.54 Å². The summed E-state index contributed by atoms with van der Waals surface area (Å²) < 4.78 is 5.30. The van der Waals surface area contributed by atoms with Gasteiger partial charge in [0.1, 0.15) is 15.5 Å². The summed E-state index contributed by atoms with van der Waals surface area (Å²) in [4.78, 5) is 21.7. The van der Waals surface area contributed by atoms with Gasteiger partial charge < -0.3 is 15.2 Å². The van der Waals surface area contributed by atoms with Crippen LogP contribution in [0, 0.1) is 12.8 Å². The molecular formula is C15H20ClN3O3S. The first-order valence-corrected chi connectivity index (χ1v) is 8.54. The summed E-state index contributed by atoms with van der Waals surface area (Å²) >= 11 is 7.18. The average Bonchev–Trinajstić information content (AvgIpc) is 2.79. The van der Waals surface area contributed by atoms with Crippen LogP contribution in [0.4, 0.5) is 5.82 Å². The lowest BCUT2D eigenvalue weighted by atomic mass is 10.2. The molecular weight excluding hydrogens is 338 g/mol. The monoisotopic (exact) mass is 357 g/mol. The van der Waals surface area contributed by atoms with E-state index in [4.69, 9.17) is 16.3 Å². The molecule has 1 atom stereocenters. The average molecular weight is 358 g/mol. The molecule has 0 aliphatic carbocycles. The molecule has 2 heterocycles. The van der Waals surface area contributed by atoms with Crippen LogP contribution in [0.3, 0.4) is 0 Å². The van der Waals surface area contributed by atoms with Gasteiger partial charge in [-0.25, -0.2) is 14.8 Å². The van der Waals surface area contributed by atoms with Crippen LogP contribution in [-0.2, 0) is 4.74 Å². The number of aliphatic hydroxyl groups is 1. The molecule has 6 nitrogen and oxygen atoms in total. The van der Waals surface area contributed by atoms with Crippen molar-refractivity contribution in [3.8, 4) is 0 Å². The Morgan fingerprint density at radius 2 is 2.09 bits per heavy atom. The van der Waals surface area contributed by atoms with E-state index in [1.54, 1.807) is 6.92 Å². The summed E-state index contributed by atoms with van der Waals surface area (Å²) in [5.74, 6) is 0.417. The zero-order valence-corrected chi connectivity index (χ0v) is 15.1. The highest BCUT2D eigenvalue weighted by Gasteiger charge is 2.21. The number of carbonyl (C=O) groups excluding carboxylic acids is 1. The van der Waals surface area contributed by atoms with Gasteiger partial charge in [-0.05, 0) is 36.9 Å². The number of carbonyl (C=O) groups is 1. The number of ether oxygens (including phenoxy) is 1. The number of fused-ring (bicyclic) bond motifs is 1. The molecule has 8 heteroatoms. The number of hydrogen-bond acceptors (Lipinski definition) is 7. The first-order chi connectivity index (χ1) is 10.8. The van der Waals surface area contributed by atoms with Crippen molar-refractivity contribution < 1.29 is 14.6 Å². The molecule has 23 heavy (non-hydrogen) atoms. The molecule has 2 aromatic heterocycles. The highest BCUT2D eigenvalue weighted by atomic mass is 35.5. The smallest absolute Gasteiger partial charge is 0.348 e. The van der Waals surface area contributed by atoms with E-state index in [-0.39, 0.29) is 17.2 Å². The summed E-state index contributed by atoms with van der Waals surface area (Å²) in [5.41, 5.74) is 0.753. The fourth-order valence-corrected chi connectivity index (χ4v) is 3.28. The van der Waals surface area contributed by atoms with Crippen LogP contribution in [0.15, 0.2) is 0 Å². The lowest BCUT2D eigenvalue weighted by Gasteiger charge is -2.09. The molecule has 126 valence electrons. The summed E-state index contributed by atoms with van der Waals surface area (Å²) in [6.07, 6.45) is -0.534. The summed E-state index contributed by atoms with van der Waals surface area (Å²) in [6, 6.07) is 0. The highest BCUT2D eigenvalue weighted by molar-refractivity contribution is 7.20. The fraction of sp³-hybridized carbons (Fsp3) is 0.533. The molecule has 0 bridgehead atoms. The summed E-state index contributed by atoms with van der Waals surface area (Å²) in [5, 5.41) is 13.3. The number of aryl methyl sites for hydroxylation is 1. The predicted octanol–water partition coefficient (Wildman–Crippen LogP) is 3.26. The van der Waals surface area contributed by atoms with Crippen LogP contribution in [-0.4, -0.2) is 40.3 Å². The van der Waals surface area contributed by atoms with E-state index < -0.39 is 6.10 Å². The van der Waals surface area contributed by atoms with Crippen molar-refractivity contribution in [1.82, 2.24) is 9.97 Å². The maximum atomic E-state index is 12.2. The minimum atomic E-state index is -0.534. The first kappa shape index (κ1) is 17.9. The number of aliphatic hydroxyl groups excluding tert-OH is 1. The predicted molar refractivity (Wildman–Crippen MR) is 92.5 cm³/mol. The molecule has 2 aromatic rings. The van der Waals surface area contributed by atoms with Crippen LogP contribution in [0.1, 0.15) is 36.0 Å². The van der Waals surface area contributed by atoms with E-state index in [2.05, 4.69) is 15.3 Å². The Hall–Kier alpha value is -1.44. The minimum absolute atomic E-state index is 0.0916. The Labute approximate surface area is 143 Å². The van der Waals surface area contributed by atoms with Crippen molar-refractivity contribution in [2.45, 2.75) is 33.8 Å². The van der Waals surface area contributed by atoms with E-state index >= 15 is 0 Å². The van der Waals surface area contributed by atoms with E-state index in [0.717, 1.165) is 10.9 Å². The molecule has 0 saturated heterocycles. The van der Waals surface area contributed by atoms with Crippen molar-refractivity contribution in [3.63, 3.8) is 0 Å². The maximum absolute atomic E-state index is 12.2. The van der Waals surface area contributed by atoms with Gasteiger partial charge in [0.2, 0.25) is 5.28 Å². The lowest BCUT2D eigenvalue weighted by molar-refractivity contribution is 0.0464. The minimum Gasteiger partial charge on any atom is -0.461 e. The van der Waals surface area contributed by atoms with Crippen molar-refractivity contribution in [2.75, 3.05) is 18.5 Å². The van der Waals surface area contributed by atoms with Gasteiger partial charge in [-0.15, -0.1) is 11.3 Å². The molecule has 1 unspecified atom stereocenters. The number of aromatic nitrogens is 2. The molecule has 0 saturated carbocycles. The molecule has 0 spiro atoms. The number of hydrogen-bond donors (Lipinski definition) is 2. The number of rotatable bonds is 6. The largest absolute Gasteiger partial charge is 0.461 e. The number of thiophene rings is 1. The topological polar surface area (TPSA) is 84.3 Å². The lowest BCUT2D eigenvalue weighted by Crippen LogP contribution is -2.16. The van der Waals surface area contributed by atoms with Gasteiger partial charge in [-0.3, -0.25) is 0 Å². The van der Waals surface area contributed by atoms with Crippen LogP contribution >= 0.6 is 22.9 Å². The van der Waals surface area contributed by atoms with Gasteiger partial charge in [0.05, 0.1) is 18.1 Å². The summed E-state index contributed by atoms with van der Waals surface area (Å²) in [6.45, 7) is 8.15. The molecule has 0 aliphatic rings. The Morgan fingerprint density at radius 3 is 2.70 bits per heavy atom. The molecule has 0 aliphatic heterocycles. The molecule has 2 N–H and O–H groups in total. The standard InChI is InChI=1S/C15H20ClN3O3S/c1-7(2)6-22-14(21)11-9(4)10-12(17-5-8(3)20)18-15(16)19-13(10)23-11/h7-8,20H,5-6H2,1-4H3,(H,17,18,19). The molecule has 0 fully saturated rings. The van der Waals surface area contributed by atoms with E-state index in [0.29, 0.717) is 28.7 Å². The number of anilines is 1. The van der Waals surface area contributed by atoms with E-state index in [1.807, 2.05) is 20.8 Å². The quantitative estimate of drug-likeness (QED) is 0.609. The summed E-state index contributed by atoms with van der Waals surface area (Å²) in [7, 11) is 0. The normalized spacial score (nSPS) is 12.7. The SMILES string of the molecule is Cc1c(C(=O)OCC(C)C)sc2nc(Cl)nc(NCC(C)O)c12. The fourth-order valence-electron chi connectivity index (χ4n) is 1.99. The number of esters is 1. The second kappa shape index (κ2) is 7.42. The van der Waals surface area contributed by atoms with Gasteiger partial charge in [-0.2, -0.15) is 0 Å². The molecule has 0 radical (unpaired) electrons. The van der Waals surface area contributed by atoms with Gasteiger partial charge >= 0.3 is 5.97 Å². The zero-order valence-electron chi connectivity index (χ0n) is 13.5. The van der Waals surface area contributed by atoms with Crippen LogP contribution in [0.5, 0.6) is 0 Å².